The smallest absolute Gasteiger partial charge is 0.272 e. The van der Waals surface area contributed by atoms with E-state index in [1.807, 2.05) is 26.0 Å². The molecule has 360 valence electrons. The van der Waals surface area contributed by atoms with Crippen LogP contribution in [0, 0.1) is 13.8 Å². The monoisotopic (exact) mass is 1000 g/mol. The molecule has 2 atom stereocenters. The number of hydrogen-bond acceptors (Lipinski definition) is 14. The summed E-state index contributed by atoms with van der Waals surface area (Å²) in [6.45, 7) is 6.97. The van der Waals surface area contributed by atoms with E-state index in [0.717, 1.165) is 61.2 Å². The summed E-state index contributed by atoms with van der Waals surface area (Å²) < 4.78 is 14.2. The second-order valence-electron chi connectivity index (χ2n) is 15.6. The lowest BCUT2D eigenvalue weighted by atomic mass is 10.1. The van der Waals surface area contributed by atoms with E-state index in [4.69, 9.17) is 43.9 Å². The normalized spacial score (nSPS) is 14.6. The van der Waals surface area contributed by atoms with Gasteiger partial charge in [0.2, 0.25) is 11.9 Å². The van der Waals surface area contributed by atoms with E-state index < -0.39 is 11.9 Å². The van der Waals surface area contributed by atoms with Gasteiger partial charge in [-0.2, -0.15) is 37.0 Å². The molecule has 68 heavy (non-hydrogen) atoms. The van der Waals surface area contributed by atoms with Crippen molar-refractivity contribution in [3.63, 3.8) is 0 Å². The van der Waals surface area contributed by atoms with Crippen LogP contribution in [-0.2, 0) is 9.47 Å². The number of benzene rings is 2. The Morgan fingerprint density at radius 3 is 1.62 bits per heavy atom. The van der Waals surface area contributed by atoms with Crippen molar-refractivity contribution < 1.29 is 19.1 Å². The maximum atomic E-state index is 12.9. The highest BCUT2D eigenvalue weighted by molar-refractivity contribution is 7.59. The van der Waals surface area contributed by atoms with Crippen molar-refractivity contribution in [2.24, 2.45) is 10.8 Å². The van der Waals surface area contributed by atoms with Crippen molar-refractivity contribution in [3.8, 4) is 11.6 Å². The van der Waals surface area contributed by atoms with Gasteiger partial charge in [0.15, 0.2) is 0 Å². The molecule has 2 fully saturated rings. The van der Waals surface area contributed by atoms with Crippen LogP contribution >= 0.6 is 50.2 Å². The molecule has 0 radical (unpaired) electrons. The van der Waals surface area contributed by atoms with Crippen molar-refractivity contribution in [2.45, 2.75) is 63.7 Å². The van der Waals surface area contributed by atoms with Crippen LogP contribution in [0.3, 0.4) is 0 Å². The Hall–Kier alpha value is -5.97. The van der Waals surface area contributed by atoms with Crippen LogP contribution in [0.1, 0.15) is 81.0 Å². The predicted octanol–water partition coefficient (Wildman–Crippen LogP) is 6.87. The summed E-state index contributed by atoms with van der Waals surface area (Å²) in [6, 6.07) is 13.9. The molecule has 0 saturated carbocycles. The zero-order chi connectivity index (χ0) is 46.4. The van der Waals surface area contributed by atoms with E-state index >= 15 is 0 Å². The quantitative estimate of drug-likeness (QED) is 0.0400. The standard InChI is InChI=1S/C22H24ClN9O2.C22H26ClN7O2.2H2S/c1-14-10-25-22(28-17-5-7-34-8-6-17)30-20(14)32-12-19(26-13-32)21(33)29-18(11-27-31-24)15-3-2-4-16(23)9-15;1-14-11-25-22(27-17-5-7-32-8-6-17)29-20(14)30-12-19(26-13-30)21(31)28-18(10-24)15-3-2-4-16(23)9-15;;/h2-4,9-10,12-13,17-18H,5-8,11H2,1H3,(H,29,33)(H,25,28,30);2-4,9,11-13,17-18H,5-8,10,24H2,1H3,(H,28,31)(H,25,27,29);2*1H2/t2*18-;;/m11../s1. The van der Waals surface area contributed by atoms with Crippen LogP contribution in [0.2, 0.25) is 10.0 Å². The highest BCUT2D eigenvalue weighted by Crippen LogP contribution is 2.22. The fraction of sp³-hybridized carbons (Fsp3) is 0.364. The molecule has 2 amide bonds. The summed E-state index contributed by atoms with van der Waals surface area (Å²) in [4.78, 5) is 55.1. The molecule has 0 spiro atoms. The molecule has 6 N–H and O–H groups in total. The Balaban J connectivity index is 0.000000247. The van der Waals surface area contributed by atoms with Gasteiger partial charge in [0.05, 0.1) is 18.6 Å². The molecule has 8 rings (SSSR count). The van der Waals surface area contributed by atoms with E-state index in [9.17, 15) is 9.59 Å². The van der Waals surface area contributed by atoms with Gasteiger partial charge in [-0.1, -0.05) is 52.6 Å². The Labute approximate surface area is 417 Å². The van der Waals surface area contributed by atoms with Crippen LogP contribution in [0.4, 0.5) is 11.9 Å². The molecule has 2 aliphatic heterocycles. The van der Waals surface area contributed by atoms with Crippen LogP contribution < -0.4 is 27.0 Å². The number of hydrogen-bond donors (Lipinski definition) is 5. The van der Waals surface area contributed by atoms with Gasteiger partial charge in [-0.05, 0) is 80.5 Å². The number of anilines is 2. The topological polar surface area (TPSA) is 263 Å². The van der Waals surface area contributed by atoms with E-state index in [-0.39, 0.29) is 75.5 Å². The van der Waals surface area contributed by atoms with E-state index in [1.165, 1.54) is 6.33 Å². The maximum absolute atomic E-state index is 12.9. The molecule has 6 heterocycles. The number of aryl methyl sites for hydroxylation is 2. The first kappa shape index (κ1) is 53.0. The molecule has 0 unspecified atom stereocenters. The van der Waals surface area contributed by atoms with Crippen LogP contribution in [0.5, 0.6) is 0 Å². The number of halogens is 2. The Bertz CT molecular complexity index is 2660. The third-order valence-corrected chi connectivity index (χ3v) is 11.3. The maximum Gasteiger partial charge on any atom is 0.272 e. The lowest BCUT2D eigenvalue weighted by Gasteiger charge is -2.23. The van der Waals surface area contributed by atoms with Gasteiger partial charge < -0.3 is 36.5 Å². The van der Waals surface area contributed by atoms with Crippen LogP contribution in [0.25, 0.3) is 22.1 Å². The number of amides is 2. The molecule has 0 aliphatic carbocycles. The molecule has 2 saturated heterocycles. The Morgan fingerprint density at radius 2 is 1.19 bits per heavy atom. The third kappa shape index (κ3) is 14.5. The second kappa shape index (κ2) is 26.0. The van der Waals surface area contributed by atoms with Gasteiger partial charge >= 0.3 is 0 Å². The Kier molecular flexibility index (Phi) is 20.2. The van der Waals surface area contributed by atoms with Gasteiger partial charge in [-0.15, -0.1) is 0 Å². The number of nitrogens with one attached hydrogen (secondary N) is 4. The Morgan fingerprint density at radius 1 is 0.750 bits per heavy atom. The lowest BCUT2D eigenvalue weighted by Crippen LogP contribution is -2.33. The number of azide groups is 1. The largest absolute Gasteiger partial charge is 0.381 e. The average Bonchev–Trinajstić information content (AvgIpc) is 4.04. The number of aromatic nitrogens is 8. The van der Waals surface area contributed by atoms with Crippen molar-refractivity contribution in [1.29, 1.82) is 0 Å². The number of nitrogens with zero attached hydrogens (tertiary/aromatic N) is 11. The summed E-state index contributed by atoms with van der Waals surface area (Å²) >= 11 is 12.1. The predicted molar refractivity (Wildman–Crippen MR) is 270 cm³/mol. The number of rotatable bonds is 15. The molecule has 20 nitrogen and oxygen atoms in total. The first-order chi connectivity index (χ1) is 32.1. The van der Waals surface area contributed by atoms with Crippen molar-refractivity contribution in [2.75, 3.05) is 50.2 Å². The lowest BCUT2D eigenvalue weighted by molar-refractivity contribution is 0.0902. The molecule has 2 aliphatic rings. The van der Waals surface area contributed by atoms with Gasteiger partial charge in [-0.3, -0.25) is 18.7 Å². The van der Waals surface area contributed by atoms with Crippen molar-refractivity contribution >= 4 is 73.9 Å². The summed E-state index contributed by atoms with van der Waals surface area (Å²) in [5, 5.41) is 17.2. The molecule has 4 aromatic heterocycles. The number of ether oxygens (including phenoxy) is 2. The minimum atomic E-state index is -0.552. The first-order valence-corrected chi connectivity index (χ1v) is 22.1. The number of imidazole rings is 2. The summed E-state index contributed by atoms with van der Waals surface area (Å²) in [6.07, 6.45) is 13.5. The highest BCUT2D eigenvalue weighted by atomic mass is 35.5. The third-order valence-electron chi connectivity index (χ3n) is 10.8. The highest BCUT2D eigenvalue weighted by Gasteiger charge is 2.22. The van der Waals surface area contributed by atoms with E-state index in [2.05, 4.69) is 61.2 Å². The zero-order valence-corrected chi connectivity index (χ0v) is 40.9. The first-order valence-electron chi connectivity index (χ1n) is 21.3. The molecular formula is C44H54Cl2N16O4S2. The molecular weight excluding hydrogens is 952 g/mol. The fourth-order valence-electron chi connectivity index (χ4n) is 7.23. The van der Waals surface area contributed by atoms with Crippen LogP contribution in [0.15, 0.2) is 91.1 Å². The summed E-state index contributed by atoms with van der Waals surface area (Å²) in [5.41, 5.74) is 18.3. The second-order valence-corrected chi connectivity index (χ2v) is 16.5. The summed E-state index contributed by atoms with van der Waals surface area (Å²) in [5.74, 6) is 1.60. The van der Waals surface area contributed by atoms with Gasteiger partial charge in [0, 0.05) is 95.9 Å². The summed E-state index contributed by atoms with van der Waals surface area (Å²) in [7, 11) is 0. The molecule has 24 heteroatoms. The van der Waals surface area contributed by atoms with Crippen LogP contribution in [-0.4, -0.2) is 102 Å². The van der Waals surface area contributed by atoms with Crippen molar-refractivity contribution in [1.82, 2.24) is 49.7 Å². The van der Waals surface area contributed by atoms with E-state index in [1.54, 1.807) is 76.6 Å². The fourth-order valence-corrected chi connectivity index (χ4v) is 7.63. The van der Waals surface area contributed by atoms with Crippen molar-refractivity contribution in [3.05, 3.63) is 140 Å². The molecule has 0 bridgehead atoms. The van der Waals surface area contributed by atoms with Gasteiger partial charge in [0.25, 0.3) is 11.8 Å². The van der Waals surface area contributed by atoms with E-state index in [0.29, 0.717) is 46.8 Å². The molecule has 6 aromatic rings. The minimum Gasteiger partial charge on any atom is -0.381 e. The average molecular weight is 1010 g/mol. The SMILES string of the molecule is Cc1cnc(NC2CCOCC2)nc1-n1cnc(C(=O)N[C@H](CN)c2cccc(Cl)c2)c1.Cc1cnc(NC2CCOCC2)nc1-n1cnc(C(=O)N[C@H](CN=[N+]=[N-])c2cccc(Cl)c2)c1.S.S. The van der Waals surface area contributed by atoms with Gasteiger partial charge in [0.1, 0.15) is 35.7 Å². The van der Waals surface area contributed by atoms with Gasteiger partial charge in [-0.25, -0.2) is 19.9 Å². The molecule has 2 aromatic carbocycles. The number of carbonyl (C=O) groups excluding carboxylic acids is 2. The zero-order valence-electron chi connectivity index (χ0n) is 37.3. The number of carbonyl (C=O) groups is 2. The number of nitrogens with two attached hydrogens (primary N) is 1. The minimum absolute atomic E-state index is 0.